The molecule has 0 aliphatic carbocycles. The van der Waals surface area contributed by atoms with Gasteiger partial charge in [-0.3, -0.25) is 4.90 Å². The van der Waals surface area contributed by atoms with Gasteiger partial charge in [-0.15, -0.1) is 0 Å². The van der Waals surface area contributed by atoms with Crippen molar-refractivity contribution in [3.63, 3.8) is 0 Å². The van der Waals surface area contributed by atoms with Crippen LogP contribution in [0.3, 0.4) is 0 Å². The van der Waals surface area contributed by atoms with Crippen LogP contribution in [0.15, 0.2) is 24.3 Å². The predicted molar refractivity (Wildman–Crippen MR) is 88.7 cm³/mol. The van der Waals surface area contributed by atoms with Crippen molar-refractivity contribution in [2.24, 2.45) is 5.73 Å². The second-order valence-corrected chi connectivity index (χ2v) is 6.07. The zero-order valence-corrected chi connectivity index (χ0v) is 13.6. The molecule has 21 heavy (non-hydrogen) atoms. The first kappa shape index (κ1) is 16.3. The second-order valence-electron chi connectivity index (χ2n) is 6.07. The molecule has 1 aliphatic heterocycles. The first-order valence-electron chi connectivity index (χ1n) is 8.45. The molecule has 2 unspecified atom stereocenters. The van der Waals surface area contributed by atoms with Crippen molar-refractivity contribution < 1.29 is 4.74 Å². The van der Waals surface area contributed by atoms with Gasteiger partial charge >= 0.3 is 0 Å². The molecule has 0 saturated carbocycles. The Labute approximate surface area is 129 Å². The molecular weight excluding hydrogens is 260 g/mol. The molecule has 1 aromatic carbocycles. The lowest BCUT2D eigenvalue weighted by Gasteiger charge is -2.39. The number of piperidine rings is 1. The van der Waals surface area contributed by atoms with Gasteiger partial charge in [-0.25, -0.2) is 0 Å². The Kier molecular flexibility index (Phi) is 6.52. The number of benzene rings is 1. The zero-order chi connectivity index (χ0) is 15.1. The number of ether oxygens (including phenoxy) is 1. The molecule has 1 fully saturated rings. The maximum Gasteiger partial charge on any atom is 0.124 e. The highest BCUT2D eigenvalue weighted by molar-refractivity contribution is 5.36. The lowest BCUT2D eigenvalue weighted by Crippen LogP contribution is -2.43. The average Bonchev–Trinajstić information content (AvgIpc) is 2.51. The summed E-state index contributed by atoms with van der Waals surface area (Å²) in [5.41, 5.74) is 7.38. The van der Waals surface area contributed by atoms with E-state index >= 15 is 0 Å². The number of nitrogens with two attached hydrogens (primary N) is 1. The lowest BCUT2D eigenvalue weighted by atomic mass is 9.96. The van der Waals surface area contributed by atoms with E-state index < -0.39 is 0 Å². The number of unbranched alkanes of at least 4 members (excludes halogenated alkanes) is 1. The average molecular weight is 290 g/mol. The van der Waals surface area contributed by atoms with Gasteiger partial charge in [0.25, 0.3) is 0 Å². The Morgan fingerprint density at radius 2 is 2.14 bits per heavy atom. The van der Waals surface area contributed by atoms with Crippen LogP contribution in [0.2, 0.25) is 0 Å². The van der Waals surface area contributed by atoms with Crippen LogP contribution < -0.4 is 10.5 Å². The predicted octanol–water partition coefficient (Wildman–Crippen LogP) is 3.74. The van der Waals surface area contributed by atoms with E-state index in [9.17, 15) is 0 Å². The molecule has 2 N–H and O–H groups in total. The summed E-state index contributed by atoms with van der Waals surface area (Å²) in [6.45, 7) is 7.10. The fourth-order valence-corrected chi connectivity index (χ4v) is 3.24. The SMILES string of the molecule is CCCCOc1ccccc1C(CN)N1CCCCC1C. The summed E-state index contributed by atoms with van der Waals surface area (Å²) in [4.78, 5) is 2.56. The summed E-state index contributed by atoms with van der Waals surface area (Å²) in [6, 6.07) is 9.30. The number of likely N-dealkylation sites (tertiary alicyclic amines) is 1. The van der Waals surface area contributed by atoms with Crippen molar-refractivity contribution in [3.05, 3.63) is 29.8 Å². The van der Waals surface area contributed by atoms with Gasteiger partial charge in [0.1, 0.15) is 5.75 Å². The summed E-state index contributed by atoms with van der Waals surface area (Å²) in [5, 5.41) is 0. The Morgan fingerprint density at radius 1 is 1.33 bits per heavy atom. The molecule has 0 amide bonds. The number of nitrogens with zero attached hydrogens (tertiary/aromatic N) is 1. The molecule has 3 heteroatoms. The quantitative estimate of drug-likeness (QED) is 0.777. The monoisotopic (exact) mass is 290 g/mol. The third-order valence-electron chi connectivity index (χ3n) is 4.51. The fraction of sp³-hybridized carbons (Fsp3) is 0.667. The largest absolute Gasteiger partial charge is 0.493 e. The molecular formula is C18H30N2O. The first-order valence-corrected chi connectivity index (χ1v) is 8.45. The highest BCUT2D eigenvalue weighted by atomic mass is 16.5. The second kappa shape index (κ2) is 8.40. The minimum absolute atomic E-state index is 0.276. The van der Waals surface area contributed by atoms with E-state index in [1.807, 2.05) is 0 Å². The lowest BCUT2D eigenvalue weighted by molar-refractivity contribution is 0.106. The Hall–Kier alpha value is -1.06. The van der Waals surface area contributed by atoms with Crippen LogP contribution in [0.25, 0.3) is 0 Å². The molecule has 3 nitrogen and oxygen atoms in total. The molecule has 2 atom stereocenters. The summed E-state index contributed by atoms with van der Waals surface area (Å²) in [5.74, 6) is 1.01. The zero-order valence-electron chi connectivity index (χ0n) is 13.6. The van der Waals surface area contributed by atoms with Crippen molar-refractivity contribution in [2.45, 2.75) is 58.0 Å². The standard InChI is InChI=1S/C18H30N2O/c1-3-4-13-21-18-11-6-5-10-16(18)17(14-19)20-12-8-7-9-15(20)2/h5-6,10-11,15,17H,3-4,7-9,12-14,19H2,1-2H3. The Morgan fingerprint density at radius 3 is 2.86 bits per heavy atom. The van der Waals surface area contributed by atoms with E-state index in [1.54, 1.807) is 0 Å². The maximum absolute atomic E-state index is 6.12. The van der Waals surface area contributed by atoms with E-state index in [0.717, 1.165) is 31.7 Å². The first-order chi connectivity index (χ1) is 10.3. The molecule has 0 aromatic heterocycles. The Balaban J connectivity index is 2.16. The van der Waals surface area contributed by atoms with Crippen LogP contribution in [0, 0.1) is 0 Å². The third-order valence-corrected chi connectivity index (χ3v) is 4.51. The van der Waals surface area contributed by atoms with E-state index in [2.05, 4.69) is 43.0 Å². The van der Waals surface area contributed by atoms with Gasteiger partial charge in [0.2, 0.25) is 0 Å². The minimum atomic E-state index is 0.276. The molecule has 1 aliphatic rings. The highest BCUT2D eigenvalue weighted by Gasteiger charge is 2.28. The van der Waals surface area contributed by atoms with E-state index in [0.29, 0.717) is 12.6 Å². The normalized spacial score (nSPS) is 21.2. The van der Waals surface area contributed by atoms with Crippen molar-refractivity contribution in [3.8, 4) is 5.75 Å². The highest BCUT2D eigenvalue weighted by Crippen LogP contribution is 2.33. The molecule has 1 saturated heterocycles. The van der Waals surface area contributed by atoms with Crippen molar-refractivity contribution in [2.75, 3.05) is 19.7 Å². The van der Waals surface area contributed by atoms with Gasteiger partial charge in [-0.2, -0.15) is 0 Å². The van der Waals surface area contributed by atoms with Crippen molar-refractivity contribution in [1.29, 1.82) is 0 Å². The summed E-state index contributed by atoms with van der Waals surface area (Å²) in [7, 11) is 0. The molecule has 118 valence electrons. The molecule has 1 heterocycles. The summed E-state index contributed by atoms with van der Waals surface area (Å²) in [6.07, 6.45) is 6.14. The topological polar surface area (TPSA) is 38.5 Å². The molecule has 0 bridgehead atoms. The Bertz CT molecular complexity index is 421. The smallest absolute Gasteiger partial charge is 0.124 e. The van der Waals surface area contributed by atoms with Crippen LogP contribution in [0.5, 0.6) is 5.75 Å². The van der Waals surface area contributed by atoms with Gasteiger partial charge < -0.3 is 10.5 Å². The minimum Gasteiger partial charge on any atom is -0.493 e. The van der Waals surface area contributed by atoms with Gasteiger partial charge in [0.05, 0.1) is 12.6 Å². The van der Waals surface area contributed by atoms with Crippen molar-refractivity contribution >= 4 is 0 Å². The van der Waals surface area contributed by atoms with Crippen LogP contribution in [0.4, 0.5) is 0 Å². The number of rotatable bonds is 7. The maximum atomic E-state index is 6.12. The molecule has 0 spiro atoms. The van der Waals surface area contributed by atoms with E-state index in [-0.39, 0.29) is 6.04 Å². The van der Waals surface area contributed by atoms with Gasteiger partial charge in [0.15, 0.2) is 0 Å². The van der Waals surface area contributed by atoms with E-state index in [1.165, 1.54) is 24.8 Å². The third kappa shape index (κ3) is 4.21. The van der Waals surface area contributed by atoms with E-state index in [4.69, 9.17) is 10.5 Å². The number of para-hydroxylation sites is 1. The molecule has 0 radical (unpaired) electrons. The van der Waals surface area contributed by atoms with Crippen LogP contribution in [-0.4, -0.2) is 30.6 Å². The number of hydrogen-bond donors (Lipinski definition) is 1. The summed E-state index contributed by atoms with van der Waals surface area (Å²) < 4.78 is 6.00. The summed E-state index contributed by atoms with van der Waals surface area (Å²) >= 11 is 0. The molecule has 2 rings (SSSR count). The van der Waals surface area contributed by atoms with Crippen molar-refractivity contribution in [1.82, 2.24) is 4.90 Å². The van der Waals surface area contributed by atoms with Gasteiger partial charge in [-0.05, 0) is 38.8 Å². The number of hydrogen-bond acceptors (Lipinski definition) is 3. The van der Waals surface area contributed by atoms with Gasteiger partial charge in [-0.1, -0.05) is 38.0 Å². The van der Waals surface area contributed by atoms with Crippen LogP contribution in [-0.2, 0) is 0 Å². The van der Waals surface area contributed by atoms with Gasteiger partial charge in [0, 0.05) is 18.2 Å². The van der Waals surface area contributed by atoms with Crippen LogP contribution >= 0.6 is 0 Å². The van der Waals surface area contributed by atoms with Crippen LogP contribution in [0.1, 0.15) is 57.6 Å². The molecule has 1 aromatic rings. The fourth-order valence-electron chi connectivity index (χ4n) is 3.24.